The average molecular weight is 274 g/mol. The largest absolute Gasteiger partial charge is 0.481 e. The Hall–Kier alpha value is -2.12. The van der Waals surface area contributed by atoms with Crippen LogP contribution in [0.4, 0.5) is 0 Å². The van der Waals surface area contributed by atoms with Crippen LogP contribution >= 0.6 is 0 Å². The SMILES string of the molecule is CCC(=O)N[C@@H](C)C(=O)N[C@H](CCC(=O)O)C(=O)O. The quantitative estimate of drug-likeness (QED) is 0.464. The first-order valence-corrected chi connectivity index (χ1v) is 5.82. The van der Waals surface area contributed by atoms with Crippen molar-refractivity contribution in [3.8, 4) is 0 Å². The van der Waals surface area contributed by atoms with Gasteiger partial charge in [-0.05, 0) is 13.3 Å². The van der Waals surface area contributed by atoms with Crippen LogP contribution in [0, 0.1) is 0 Å². The van der Waals surface area contributed by atoms with E-state index in [4.69, 9.17) is 10.2 Å². The summed E-state index contributed by atoms with van der Waals surface area (Å²) in [4.78, 5) is 43.9. The third kappa shape index (κ3) is 7.02. The van der Waals surface area contributed by atoms with E-state index < -0.39 is 29.9 Å². The Bertz CT molecular complexity index is 368. The van der Waals surface area contributed by atoms with Gasteiger partial charge in [-0.2, -0.15) is 0 Å². The molecule has 0 radical (unpaired) electrons. The van der Waals surface area contributed by atoms with Crippen molar-refractivity contribution in [1.29, 1.82) is 0 Å². The number of carbonyl (C=O) groups is 4. The van der Waals surface area contributed by atoms with Crippen LogP contribution in [0.3, 0.4) is 0 Å². The van der Waals surface area contributed by atoms with Gasteiger partial charge in [0.25, 0.3) is 0 Å². The summed E-state index contributed by atoms with van der Waals surface area (Å²) in [7, 11) is 0. The van der Waals surface area contributed by atoms with Crippen LogP contribution in [-0.4, -0.2) is 46.0 Å². The summed E-state index contributed by atoms with van der Waals surface area (Å²) in [5.41, 5.74) is 0. The van der Waals surface area contributed by atoms with E-state index in [0.29, 0.717) is 0 Å². The van der Waals surface area contributed by atoms with Gasteiger partial charge < -0.3 is 20.8 Å². The molecule has 0 aromatic rings. The zero-order chi connectivity index (χ0) is 15.0. The first kappa shape index (κ1) is 16.9. The molecule has 108 valence electrons. The lowest BCUT2D eigenvalue weighted by Gasteiger charge is -2.18. The van der Waals surface area contributed by atoms with Crippen LogP contribution < -0.4 is 10.6 Å². The summed E-state index contributed by atoms with van der Waals surface area (Å²) in [6.07, 6.45) is -0.378. The Morgan fingerprint density at radius 3 is 2.11 bits per heavy atom. The maximum absolute atomic E-state index is 11.6. The average Bonchev–Trinajstić information content (AvgIpc) is 2.32. The van der Waals surface area contributed by atoms with Gasteiger partial charge in [-0.1, -0.05) is 6.92 Å². The van der Waals surface area contributed by atoms with Crippen LogP contribution in [0.5, 0.6) is 0 Å². The third-order valence-electron chi connectivity index (χ3n) is 2.35. The maximum atomic E-state index is 11.6. The summed E-state index contributed by atoms with van der Waals surface area (Å²) < 4.78 is 0. The number of hydrogen-bond donors (Lipinski definition) is 4. The molecule has 0 saturated heterocycles. The zero-order valence-electron chi connectivity index (χ0n) is 10.8. The first-order valence-electron chi connectivity index (χ1n) is 5.82. The second-order valence-electron chi connectivity index (χ2n) is 3.97. The molecular formula is C11H18N2O6. The van der Waals surface area contributed by atoms with E-state index >= 15 is 0 Å². The van der Waals surface area contributed by atoms with Gasteiger partial charge in [0, 0.05) is 12.8 Å². The molecule has 0 heterocycles. The lowest BCUT2D eigenvalue weighted by atomic mass is 10.1. The van der Waals surface area contributed by atoms with Crippen molar-refractivity contribution < 1.29 is 29.4 Å². The minimum Gasteiger partial charge on any atom is -0.481 e. The summed E-state index contributed by atoms with van der Waals surface area (Å²) in [5.74, 6) is -3.46. The topological polar surface area (TPSA) is 133 Å². The van der Waals surface area contributed by atoms with E-state index in [1.165, 1.54) is 6.92 Å². The van der Waals surface area contributed by atoms with Gasteiger partial charge >= 0.3 is 11.9 Å². The second kappa shape index (κ2) is 8.06. The molecule has 2 amide bonds. The van der Waals surface area contributed by atoms with E-state index in [9.17, 15) is 19.2 Å². The highest BCUT2D eigenvalue weighted by Crippen LogP contribution is 1.99. The van der Waals surface area contributed by atoms with Gasteiger partial charge in [-0.25, -0.2) is 4.79 Å². The molecule has 8 nitrogen and oxygen atoms in total. The van der Waals surface area contributed by atoms with E-state index in [1.54, 1.807) is 6.92 Å². The predicted molar refractivity (Wildman–Crippen MR) is 64.3 cm³/mol. The third-order valence-corrected chi connectivity index (χ3v) is 2.35. The summed E-state index contributed by atoms with van der Waals surface area (Å²) >= 11 is 0. The molecule has 0 aliphatic heterocycles. The van der Waals surface area contributed by atoms with E-state index in [2.05, 4.69) is 10.6 Å². The standard InChI is InChI=1S/C11H18N2O6/c1-3-8(14)12-6(2)10(17)13-7(11(18)19)4-5-9(15)16/h6-7H,3-5H2,1-2H3,(H,12,14)(H,13,17)(H,15,16)(H,18,19)/t6-,7+/m0/s1. The zero-order valence-corrected chi connectivity index (χ0v) is 10.8. The molecule has 0 rings (SSSR count). The van der Waals surface area contributed by atoms with Crippen molar-refractivity contribution in [3.63, 3.8) is 0 Å². The van der Waals surface area contributed by atoms with Gasteiger partial charge in [0.2, 0.25) is 11.8 Å². The van der Waals surface area contributed by atoms with Gasteiger partial charge in [0.05, 0.1) is 0 Å². The smallest absolute Gasteiger partial charge is 0.326 e. The van der Waals surface area contributed by atoms with Crippen LogP contribution in [0.1, 0.15) is 33.1 Å². The maximum Gasteiger partial charge on any atom is 0.326 e. The molecule has 19 heavy (non-hydrogen) atoms. The van der Waals surface area contributed by atoms with Crippen molar-refractivity contribution in [1.82, 2.24) is 10.6 Å². The minimum atomic E-state index is -1.32. The monoisotopic (exact) mass is 274 g/mol. The number of amides is 2. The molecule has 0 spiro atoms. The highest BCUT2D eigenvalue weighted by molar-refractivity contribution is 5.90. The number of carboxylic acid groups (broad SMARTS) is 2. The molecule has 0 saturated carbocycles. The lowest BCUT2D eigenvalue weighted by Crippen LogP contribution is -2.50. The predicted octanol–water partition coefficient (Wildman–Crippen LogP) is -0.665. The van der Waals surface area contributed by atoms with E-state index in [1.807, 2.05) is 0 Å². The van der Waals surface area contributed by atoms with Crippen molar-refractivity contribution in [2.45, 2.75) is 45.2 Å². The Kier molecular flexibility index (Phi) is 7.16. The van der Waals surface area contributed by atoms with Crippen LogP contribution in [0.15, 0.2) is 0 Å². The molecular weight excluding hydrogens is 256 g/mol. The van der Waals surface area contributed by atoms with E-state index in [-0.39, 0.29) is 25.2 Å². The number of aliphatic carboxylic acids is 2. The Morgan fingerprint density at radius 1 is 1.11 bits per heavy atom. The molecule has 4 N–H and O–H groups in total. The van der Waals surface area contributed by atoms with Gasteiger partial charge in [0.1, 0.15) is 12.1 Å². The first-order chi connectivity index (χ1) is 8.77. The highest BCUT2D eigenvalue weighted by Gasteiger charge is 2.24. The van der Waals surface area contributed by atoms with Crippen molar-refractivity contribution in [2.75, 3.05) is 0 Å². The van der Waals surface area contributed by atoms with Crippen molar-refractivity contribution in [2.24, 2.45) is 0 Å². The molecule has 0 bridgehead atoms. The van der Waals surface area contributed by atoms with Crippen LogP contribution in [0.2, 0.25) is 0 Å². The second-order valence-corrected chi connectivity index (χ2v) is 3.97. The van der Waals surface area contributed by atoms with E-state index in [0.717, 1.165) is 0 Å². The summed E-state index contributed by atoms with van der Waals surface area (Å²) in [6, 6.07) is -2.16. The fraction of sp³-hybridized carbons (Fsp3) is 0.636. The number of carbonyl (C=O) groups excluding carboxylic acids is 2. The molecule has 0 aliphatic carbocycles. The highest BCUT2D eigenvalue weighted by atomic mass is 16.4. The molecule has 0 aromatic carbocycles. The number of rotatable bonds is 8. The summed E-state index contributed by atoms with van der Waals surface area (Å²) in [6.45, 7) is 3.03. The molecule has 2 atom stereocenters. The van der Waals surface area contributed by atoms with Crippen LogP contribution in [-0.2, 0) is 19.2 Å². The normalized spacial score (nSPS) is 13.2. The molecule has 0 aromatic heterocycles. The molecule has 8 heteroatoms. The lowest BCUT2D eigenvalue weighted by molar-refractivity contribution is -0.143. The van der Waals surface area contributed by atoms with Crippen molar-refractivity contribution >= 4 is 23.8 Å². The van der Waals surface area contributed by atoms with Crippen LogP contribution in [0.25, 0.3) is 0 Å². The fourth-order valence-corrected chi connectivity index (χ4v) is 1.23. The van der Waals surface area contributed by atoms with Gasteiger partial charge in [-0.3, -0.25) is 14.4 Å². The van der Waals surface area contributed by atoms with Crippen molar-refractivity contribution in [3.05, 3.63) is 0 Å². The summed E-state index contributed by atoms with van der Waals surface area (Å²) in [5, 5.41) is 21.9. The van der Waals surface area contributed by atoms with Gasteiger partial charge in [-0.15, -0.1) is 0 Å². The Balaban J connectivity index is 4.41. The Morgan fingerprint density at radius 2 is 1.68 bits per heavy atom. The molecule has 0 fully saturated rings. The minimum absolute atomic E-state index is 0.207. The number of nitrogens with one attached hydrogen (secondary N) is 2. The number of carboxylic acids is 2. The molecule has 0 aliphatic rings. The molecule has 0 unspecified atom stereocenters. The number of hydrogen-bond acceptors (Lipinski definition) is 4. The Labute approximate surface area is 110 Å². The van der Waals surface area contributed by atoms with Gasteiger partial charge in [0.15, 0.2) is 0 Å². The fourth-order valence-electron chi connectivity index (χ4n) is 1.23.